The molecule has 17 heavy (non-hydrogen) atoms. The number of carboxylic acid groups (broad SMARTS) is 1. The molecule has 0 unspecified atom stereocenters. The lowest BCUT2D eigenvalue weighted by atomic mass is 10.1. The molecule has 2 atom stereocenters. The average molecular weight is 240 g/mol. The van der Waals surface area contributed by atoms with Crippen molar-refractivity contribution in [2.45, 2.75) is 19.1 Å². The van der Waals surface area contributed by atoms with Gasteiger partial charge in [-0.05, 0) is 19.1 Å². The maximum absolute atomic E-state index is 11.6. The molecule has 92 valence electrons. The van der Waals surface area contributed by atoms with Crippen molar-refractivity contribution in [1.29, 1.82) is 0 Å². The first kappa shape index (κ1) is 12.9. The third-order valence-corrected chi connectivity index (χ3v) is 2.10. The summed E-state index contributed by atoms with van der Waals surface area (Å²) in [6.45, 7) is 1.23. The maximum Gasteiger partial charge on any atom is 0.328 e. The average Bonchev–Trinajstić information content (AvgIpc) is 2.25. The molecule has 0 spiro atoms. The Morgan fingerprint density at radius 1 is 1.47 bits per heavy atom. The van der Waals surface area contributed by atoms with Gasteiger partial charge in [-0.3, -0.25) is 9.59 Å². The first-order chi connectivity index (χ1) is 7.93. The summed E-state index contributed by atoms with van der Waals surface area (Å²) in [4.78, 5) is 35.9. The number of hydrogen-bond acceptors (Lipinski definition) is 4. The first-order valence-corrected chi connectivity index (χ1v) is 4.83. The van der Waals surface area contributed by atoms with Gasteiger partial charge in [-0.25, -0.2) is 4.79 Å². The molecule has 1 rings (SSSR count). The monoisotopic (exact) mass is 240 g/mol. The van der Waals surface area contributed by atoms with Crippen LogP contribution in [0.15, 0.2) is 23.1 Å². The Balaban J connectivity index is 2.89. The van der Waals surface area contributed by atoms with Crippen LogP contribution >= 0.6 is 0 Å². The van der Waals surface area contributed by atoms with E-state index < -0.39 is 29.6 Å². The zero-order valence-electron chi connectivity index (χ0n) is 9.01. The number of nitrogens with one attached hydrogen (secondary N) is 2. The van der Waals surface area contributed by atoms with Crippen LogP contribution in [0.5, 0.6) is 0 Å². The van der Waals surface area contributed by atoms with Crippen molar-refractivity contribution in [2.75, 3.05) is 0 Å². The van der Waals surface area contributed by atoms with E-state index in [-0.39, 0.29) is 5.56 Å². The summed E-state index contributed by atoms with van der Waals surface area (Å²) in [6.07, 6.45) is 0.0851. The van der Waals surface area contributed by atoms with Gasteiger partial charge in [0.2, 0.25) is 0 Å². The van der Waals surface area contributed by atoms with Gasteiger partial charge in [0.1, 0.15) is 5.56 Å². The maximum atomic E-state index is 11.6. The van der Waals surface area contributed by atoms with E-state index in [4.69, 9.17) is 10.2 Å². The van der Waals surface area contributed by atoms with Gasteiger partial charge in [-0.1, -0.05) is 0 Å². The SMILES string of the molecule is C[C@@H](O)[C@H](NC(=O)c1ccc[nH]c1=O)C(=O)O. The van der Waals surface area contributed by atoms with Crippen LogP contribution in [0.25, 0.3) is 0 Å². The number of carbonyl (C=O) groups excluding carboxylic acids is 1. The number of carbonyl (C=O) groups is 2. The molecule has 0 aliphatic carbocycles. The highest BCUT2D eigenvalue weighted by Crippen LogP contribution is 1.96. The minimum Gasteiger partial charge on any atom is -0.480 e. The Hall–Kier alpha value is -2.15. The predicted molar refractivity (Wildman–Crippen MR) is 57.6 cm³/mol. The molecule has 1 amide bonds. The molecule has 0 aliphatic rings. The second kappa shape index (κ2) is 5.26. The van der Waals surface area contributed by atoms with E-state index in [2.05, 4.69) is 10.3 Å². The molecule has 1 heterocycles. The molecule has 0 saturated heterocycles. The van der Waals surface area contributed by atoms with E-state index in [1.165, 1.54) is 25.3 Å². The Bertz CT molecular complexity index is 480. The van der Waals surface area contributed by atoms with Gasteiger partial charge in [-0.2, -0.15) is 0 Å². The summed E-state index contributed by atoms with van der Waals surface area (Å²) in [7, 11) is 0. The molecule has 0 aromatic carbocycles. The molecule has 0 saturated carbocycles. The van der Waals surface area contributed by atoms with Gasteiger partial charge in [0.15, 0.2) is 6.04 Å². The van der Waals surface area contributed by atoms with Crippen molar-refractivity contribution in [2.24, 2.45) is 0 Å². The van der Waals surface area contributed by atoms with E-state index in [1.54, 1.807) is 0 Å². The molecule has 0 fully saturated rings. The minimum atomic E-state index is -1.46. The van der Waals surface area contributed by atoms with Crippen LogP contribution in [0.3, 0.4) is 0 Å². The number of carboxylic acids is 1. The van der Waals surface area contributed by atoms with E-state index in [0.29, 0.717) is 0 Å². The van der Waals surface area contributed by atoms with Gasteiger partial charge in [0.05, 0.1) is 6.10 Å². The van der Waals surface area contributed by atoms with Crippen LogP contribution in [-0.2, 0) is 4.79 Å². The number of amides is 1. The topological polar surface area (TPSA) is 119 Å². The largest absolute Gasteiger partial charge is 0.480 e. The van der Waals surface area contributed by atoms with Gasteiger partial charge in [0.25, 0.3) is 11.5 Å². The number of hydrogen-bond donors (Lipinski definition) is 4. The Kier molecular flexibility index (Phi) is 4.00. The number of pyridine rings is 1. The van der Waals surface area contributed by atoms with Crippen molar-refractivity contribution in [1.82, 2.24) is 10.3 Å². The molecular formula is C10H12N2O5. The lowest BCUT2D eigenvalue weighted by molar-refractivity contribution is -0.141. The standard InChI is InChI=1S/C10H12N2O5/c1-5(13)7(10(16)17)12-9(15)6-3-2-4-11-8(6)14/h2-5,7,13H,1H3,(H,11,14)(H,12,15)(H,16,17)/t5-,7+/m1/s1. The van der Waals surface area contributed by atoms with Crippen LogP contribution in [0.2, 0.25) is 0 Å². The number of aromatic nitrogens is 1. The summed E-state index contributed by atoms with van der Waals surface area (Å²) >= 11 is 0. The fourth-order valence-corrected chi connectivity index (χ4v) is 1.21. The molecule has 0 aliphatic heterocycles. The summed E-state index contributed by atoms with van der Waals surface area (Å²) in [5.74, 6) is -2.22. The third-order valence-electron chi connectivity index (χ3n) is 2.10. The number of aromatic amines is 1. The molecule has 0 bridgehead atoms. The summed E-state index contributed by atoms with van der Waals surface area (Å²) in [6, 6.07) is 1.24. The highest BCUT2D eigenvalue weighted by molar-refractivity contribution is 5.96. The summed E-state index contributed by atoms with van der Waals surface area (Å²) in [5, 5.41) is 20.0. The summed E-state index contributed by atoms with van der Waals surface area (Å²) < 4.78 is 0. The third kappa shape index (κ3) is 3.15. The number of rotatable bonds is 4. The van der Waals surface area contributed by atoms with Crippen LogP contribution in [0.4, 0.5) is 0 Å². The van der Waals surface area contributed by atoms with Gasteiger partial charge < -0.3 is 20.5 Å². The molecule has 7 nitrogen and oxygen atoms in total. The number of aliphatic hydroxyl groups is 1. The smallest absolute Gasteiger partial charge is 0.328 e. The quantitative estimate of drug-likeness (QED) is 0.534. The zero-order valence-corrected chi connectivity index (χ0v) is 9.01. The molecule has 1 aromatic rings. The highest BCUT2D eigenvalue weighted by atomic mass is 16.4. The van der Waals surface area contributed by atoms with Crippen LogP contribution in [0, 0.1) is 0 Å². The lowest BCUT2D eigenvalue weighted by Crippen LogP contribution is -2.48. The molecule has 1 aromatic heterocycles. The Morgan fingerprint density at radius 2 is 2.12 bits per heavy atom. The van der Waals surface area contributed by atoms with E-state index in [9.17, 15) is 14.4 Å². The fourth-order valence-electron chi connectivity index (χ4n) is 1.21. The van der Waals surface area contributed by atoms with Crippen molar-refractivity contribution in [3.8, 4) is 0 Å². The zero-order chi connectivity index (χ0) is 13.0. The van der Waals surface area contributed by atoms with E-state index in [1.807, 2.05) is 0 Å². The lowest BCUT2D eigenvalue weighted by Gasteiger charge is -2.16. The van der Waals surface area contributed by atoms with Crippen molar-refractivity contribution >= 4 is 11.9 Å². The normalized spacial score (nSPS) is 13.8. The molecule has 4 N–H and O–H groups in total. The van der Waals surface area contributed by atoms with Gasteiger partial charge in [-0.15, -0.1) is 0 Å². The minimum absolute atomic E-state index is 0.209. The van der Waals surface area contributed by atoms with Crippen molar-refractivity contribution in [3.63, 3.8) is 0 Å². The van der Waals surface area contributed by atoms with Crippen LogP contribution < -0.4 is 10.9 Å². The van der Waals surface area contributed by atoms with Crippen molar-refractivity contribution < 1.29 is 19.8 Å². The first-order valence-electron chi connectivity index (χ1n) is 4.83. The number of H-pyrrole nitrogens is 1. The van der Waals surface area contributed by atoms with Gasteiger partial charge >= 0.3 is 5.97 Å². The molecule has 0 radical (unpaired) electrons. The predicted octanol–water partition coefficient (Wildman–Crippen LogP) is -1.06. The number of aliphatic carboxylic acids is 1. The molecule has 7 heteroatoms. The summed E-state index contributed by atoms with van der Waals surface area (Å²) in [5.41, 5.74) is -0.834. The molecular weight excluding hydrogens is 228 g/mol. The Morgan fingerprint density at radius 3 is 2.59 bits per heavy atom. The van der Waals surface area contributed by atoms with E-state index in [0.717, 1.165) is 0 Å². The highest BCUT2D eigenvalue weighted by Gasteiger charge is 2.26. The van der Waals surface area contributed by atoms with Crippen LogP contribution in [0.1, 0.15) is 17.3 Å². The van der Waals surface area contributed by atoms with E-state index >= 15 is 0 Å². The fraction of sp³-hybridized carbons (Fsp3) is 0.300. The number of aliphatic hydroxyl groups excluding tert-OH is 1. The second-order valence-electron chi connectivity index (χ2n) is 3.44. The second-order valence-corrected chi connectivity index (χ2v) is 3.44. The van der Waals surface area contributed by atoms with Crippen LogP contribution in [-0.4, -0.2) is 39.2 Å². The van der Waals surface area contributed by atoms with Crippen molar-refractivity contribution in [3.05, 3.63) is 34.2 Å². The van der Waals surface area contributed by atoms with Gasteiger partial charge in [0, 0.05) is 6.20 Å². The Labute approximate surface area is 96.1 Å².